The minimum atomic E-state index is -0.157. The topological polar surface area (TPSA) is 44.8 Å². The number of rotatable bonds is 5. The molecule has 0 spiro atoms. The standard InChI is InChI=1S/C18H27N3O2/c1-15-6-2-3-7-17(15)23-14-16(20-10-4-5-11-20)18(22)21-12-8-19-9-13-21/h2-3,6-7,16,19H,4-5,8-14H2,1H3. The summed E-state index contributed by atoms with van der Waals surface area (Å²) in [5, 5.41) is 3.30. The number of amides is 1. The van der Waals surface area contributed by atoms with E-state index < -0.39 is 0 Å². The molecule has 23 heavy (non-hydrogen) atoms. The molecule has 1 aromatic carbocycles. The van der Waals surface area contributed by atoms with Gasteiger partial charge in [-0.2, -0.15) is 0 Å². The Bertz CT molecular complexity index is 523. The van der Waals surface area contributed by atoms with Crippen molar-refractivity contribution in [3.05, 3.63) is 29.8 Å². The number of hydrogen-bond acceptors (Lipinski definition) is 4. The molecule has 0 saturated carbocycles. The number of benzene rings is 1. The number of likely N-dealkylation sites (tertiary alicyclic amines) is 1. The summed E-state index contributed by atoms with van der Waals surface area (Å²) in [6.45, 7) is 7.85. The van der Waals surface area contributed by atoms with Gasteiger partial charge in [-0.15, -0.1) is 0 Å². The van der Waals surface area contributed by atoms with Gasteiger partial charge in [-0.25, -0.2) is 0 Å². The highest BCUT2D eigenvalue weighted by Gasteiger charge is 2.32. The van der Waals surface area contributed by atoms with Crippen LogP contribution < -0.4 is 10.1 Å². The molecule has 1 unspecified atom stereocenters. The van der Waals surface area contributed by atoms with E-state index in [1.54, 1.807) is 0 Å². The lowest BCUT2D eigenvalue weighted by atomic mass is 10.2. The van der Waals surface area contributed by atoms with Gasteiger partial charge in [0.1, 0.15) is 18.4 Å². The van der Waals surface area contributed by atoms with Crippen molar-refractivity contribution in [3.8, 4) is 5.75 Å². The van der Waals surface area contributed by atoms with Gasteiger partial charge in [-0.3, -0.25) is 9.69 Å². The number of para-hydroxylation sites is 1. The van der Waals surface area contributed by atoms with Crippen LogP contribution in [0.2, 0.25) is 0 Å². The average Bonchev–Trinajstić information content (AvgIpc) is 3.11. The van der Waals surface area contributed by atoms with Crippen LogP contribution in [-0.4, -0.2) is 67.6 Å². The molecular weight excluding hydrogens is 290 g/mol. The summed E-state index contributed by atoms with van der Waals surface area (Å²) in [6.07, 6.45) is 2.35. The molecular formula is C18H27N3O2. The largest absolute Gasteiger partial charge is 0.491 e. The first-order valence-corrected chi connectivity index (χ1v) is 8.68. The Morgan fingerprint density at radius 1 is 1.17 bits per heavy atom. The van der Waals surface area contributed by atoms with Crippen molar-refractivity contribution >= 4 is 5.91 Å². The zero-order chi connectivity index (χ0) is 16.1. The van der Waals surface area contributed by atoms with Gasteiger partial charge in [-0.1, -0.05) is 18.2 Å². The lowest BCUT2D eigenvalue weighted by Gasteiger charge is -2.34. The van der Waals surface area contributed by atoms with Gasteiger partial charge in [0.05, 0.1) is 0 Å². The molecule has 2 fully saturated rings. The molecule has 2 aliphatic heterocycles. The molecule has 5 heteroatoms. The Morgan fingerprint density at radius 3 is 2.57 bits per heavy atom. The van der Waals surface area contributed by atoms with Crippen molar-refractivity contribution in [1.29, 1.82) is 0 Å². The maximum atomic E-state index is 13.0. The summed E-state index contributed by atoms with van der Waals surface area (Å²) in [5.41, 5.74) is 1.11. The van der Waals surface area contributed by atoms with E-state index in [4.69, 9.17) is 4.74 Å². The first-order valence-electron chi connectivity index (χ1n) is 8.68. The maximum absolute atomic E-state index is 13.0. The number of ether oxygens (including phenoxy) is 1. The van der Waals surface area contributed by atoms with Gasteiger partial charge in [0.25, 0.3) is 0 Å². The fraction of sp³-hybridized carbons (Fsp3) is 0.611. The third-order valence-electron chi connectivity index (χ3n) is 4.79. The van der Waals surface area contributed by atoms with Crippen LogP contribution >= 0.6 is 0 Å². The van der Waals surface area contributed by atoms with E-state index in [0.717, 1.165) is 50.6 Å². The van der Waals surface area contributed by atoms with Crippen LogP contribution in [0.25, 0.3) is 0 Å². The zero-order valence-corrected chi connectivity index (χ0v) is 14.0. The van der Waals surface area contributed by atoms with Crippen LogP contribution in [0.5, 0.6) is 5.75 Å². The highest BCUT2D eigenvalue weighted by molar-refractivity contribution is 5.82. The fourth-order valence-electron chi connectivity index (χ4n) is 3.37. The second-order valence-corrected chi connectivity index (χ2v) is 6.41. The minimum Gasteiger partial charge on any atom is -0.491 e. The lowest BCUT2D eigenvalue weighted by Crippen LogP contribution is -2.55. The van der Waals surface area contributed by atoms with Gasteiger partial charge < -0.3 is 15.0 Å². The van der Waals surface area contributed by atoms with Crippen LogP contribution in [0.3, 0.4) is 0 Å². The third-order valence-corrected chi connectivity index (χ3v) is 4.79. The number of hydrogen-bond donors (Lipinski definition) is 1. The van der Waals surface area contributed by atoms with Crippen LogP contribution in [0, 0.1) is 6.92 Å². The van der Waals surface area contributed by atoms with E-state index in [0.29, 0.717) is 6.61 Å². The molecule has 1 amide bonds. The Hall–Kier alpha value is -1.59. The summed E-state index contributed by atoms with van der Waals surface area (Å²) < 4.78 is 6.02. The van der Waals surface area contributed by atoms with Crippen LogP contribution in [-0.2, 0) is 4.79 Å². The Balaban J connectivity index is 1.67. The van der Waals surface area contributed by atoms with Crippen LogP contribution in [0.15, 0.2) is 24.3 Å². The van der Waals surface area contributed by atoms with Crippen LogP contribution in [0.1, 0.15) is 18.4 Å². The molecule has 2 aliphatic rings. The molecule has 126 valence electrons. The van der Waals surface area contributed by atoms with Crippen LogP contribution in [0.4, 0.5) is 0 Å². The number of piperazine rings is 1. The van der Waals surface area contributed by atoms with Crippen molar-refractivity contribution in [2.45, 2.75) is 25.8 Å². The molecule has 2 heterocycles. The average molecular weight is 317 g/mol. The van der Waals surface area contributed by atoms with Gasteiger partial charge >= 0.3 is 0 Å². The first-order chi connectivity index (χ1) is 11.3. The number of nitrogens with zero attached hydrogens (tertiary/aromatic N) is 2. The molecule has 3 rings (SSSR count). The quantitative estimate of drug-likeness (QED) is 0.888. The number of nitrogens with one attached hydrogen (secondary N) is 1. The minimum absolute atomic E-state index is 0.157. The van der Waals surface area contributed by atoms with E-state index in [2.05, 4.69) is 10.2 Å². The fourth-order valence-corrected chi connectivity index (χ4v) is 3.37. The maximum Gasteiger partial charge on any atom is 0.243 e. The Morgan fingerprint density at radius 2 is 1.87 bits per heavy atom. The monoisotopic (exact) mass is 317 g/mol. The van der Waals surface area contributed by atoms with Crippen molar-refractivity contribution < 1.29 is 9.53 Å². The number of carbonyl (C=O) groups excluding carboxylic acids is 1. The second-order valence-electron chi connectivity index (χ2n) is 6.41. The lowest BCUT2D eigenvalue weighted by molar-refractivity contribution is -0.138. The highest BCUT2D eigenvalue weighted by atomic mass is 16.5. The Labute approximate surface area is 138 Å². The molecule has 1 N–H and O–H groups in total. The number of carbonyl (C=O) groups is 1. The molecule has 0 bridgehead atoms. The molecule has 0 radical (unpaired) electrons. The van der Waals surface area contributed by atoms with Crippen molar-refractivity contribution in [3.63, 3.8) is 0 Å². The first kappa shape index (κ1) is 16.3. The van der Waals surface area contributed by atoms with E-state index in [-0.39, 0.29) is 11.9 Å². The summed E-state index contributed by atoms with van der Waals surface area (Å²) in [6, 6.07) is 7.84. The smallest absolute Gasteiger partial charge is 0.243 e. The predicted octanol–water partition coefficient (Wildman–Crippen LogP) is 1.27. The van der Waals surface area contributed by atoms with Gasteiger partial charge in [-0.05, 0) is 44.5 Å². The summed E-state index contributed by atoms with van der Waals surface area (Å²) >= 11 is 0. The molecule has 1 aromatic rings. The Kier molecular flexibility index (Phi) is 5.51. The van der Waals surface area contributed by atoms with Gasteiger partial charge in [0.15, 0.2) is 0 Å². The SMILES string of the molecule is Cc1ccccc1OCC(C(=O)N1CCNCC1)N1CCCC1. The predicted molar refractivity (Wildman–Crippen MR) is 90.7 cm³/mol. The van der Waals surface area contributed by atoms with Crippen molar-refractivity contribution in [2.75, 3.05) is 45.9 Å². The number of aryl methyl sites for hydroxylation is 1. The normalized spacial score (nSPS) is 20.5. The second kappa shape index (κ2) is 7.79. The molecule has 0 aliphatic carbocycles. The molecule has 1 atom stereocenters. The van der Waals surface area contributed by atoms with Gasteiger partial charge in [0.2, 0.25) is 5.91 Å². The summed E-state index contributed by atoms with van der Waals surface area (Å²) in [4.78, 5) is 17.2. The highest BCUT2D eigenvalue weighted by Crippen LogP contribution is 2.19. The molecule has 2 saturated heterocycles. The van der Waals surface area contributed by atoms with E-state index in [9.17, 15) is 4.79 Å². The van der Waals surface area contributed by atoms with E-state index in [1.165, 1.54) is 12.8 Å². The third kappa shape index (κ3) is 4.03. The summed E-state index contributed by atoms with van der Waals surface area (Å²) in [5.74, 6) is 1.10. The molecule has 0 aromatic heterocycles. The van der Waals surface area contributed by atoms with Crippen molar-refractivity contribution in [1.82, 2.24) is 15.1 Å². The van der Waals surface area contributed by atoms with Gasteiger partial charge in [0, 0.05) is 26.2 Å². The van der Waals surface area contributed by atoms with E-state index in [1.807, 2.05) is 36.1 Å². The molecule has 5 nitrogen and oxygen atoms in total. The van der Waals surface area contributed by atoms with E-state index >= 15 is 0 Å². The zero-order valence-electron chi connectivity index (χ0n) is 14.0. The van der Waals surface area contributed by atoms with Crippen molar-refractivity contribution in [2.24, 2.45) is 0 Å². The summed E-state index contributed by atoms with van der Waals surface area (Å²) in [7, 11) is 0.